The third-order valence-electron chi connectivity index (χ3n) is 4.76. The molecule has 1 aliphatic rings. The second-order valence-electron chi connectivity index (χ2n) is 6.60. The normalized spacial score (nSPS) is 13.6. The van der Waals surface area contributed by atoms with Crippen molar-refractivity contribution in [3.05, 3.63) is 102 Å². The summed E-state index contributed by atoms with van der Waals surface area (Å²) >= 11 is 0. The van der Waals surface area contributed by atoms with Gasteiger partial charge in [0.2, 0.25) is 0 Å². The van der Waals surface area contributed by atoms with Crippen molar-refractivity contribution < 1.29 is 0 Å². The third kappa shape index (κ3) is 3.21. The molecule has 0 unspecified atom stereocenters. The van der Waals surface area contributed by atoms with Crippen LogP contribution in [0.1, 0.15) is 24.0 Å². The van der Waals surface area contributed by atoms with E-state index >= 15 is 0 Å². The molecule has 0 aliphatic heterocycles. The van der Waals surface area contributed by atoms with Crippen LogP contribution in [0.25, 0.3) is 27.8 Å². The first-order valence-corrected chi connectivity index (χ1v) is 8.95. The van der Waals surface area contributed by atoms with Crippen LogP contribution in [-0.4, -0.2) is 0 Å². The van der Waals surface area contributed by atoms with E-state index in [-0.39, 0.29) is 0 Å². The van der Waals surface area contributed by atoms with E-state index in [0.717, 1.165) is 12.8 Å². The highest BCUT2D eigenvalue weighted by Crippen LogP contribution is 2.39. The molecule has 0 aromatic heterocycles. The molecule has 0 N–H and O–H groups in total. The monoisotopic (exact) mass is 322 g/mol. The summed E-state index contributed by atoms with van der Waals surface area (Å²) in [7, 11) is 0. The SMILES string of the molecule is Cc1cccc(-c2c(C3=CCCC=C3)cccc2-c2ccccc2)c1. The number of aryl methyl sites for hydroxylation is 1. The first-order valence-electron chi connectivity index (χ1n) is 8.95. The van der Waals surface area contributed by atoms with Crippen LogP contribution in [0.15, 0.2) is 91.0 Å². The zero-order valence-corrected chi connectivity index (χ0v) is 14.6. The summed E-state index contributed by atoms with van der Waals surface area (Å²) in [6.45, 7) is 2.16. The van der Waals surface area contributed by atoms with Gasteiger partial charge in [-0.3, -0.25) is 0 Å². The van der Waals surface area contributed by atoms with Crippen molar-refractivity contribution >= 4 is 5.57 Å². The van der Waals surface area contributed by atoms with E-state index in [4.69, 9.17) is 0 Å². The first kappa shape index (κ1) is 15.7. The van der Waals surface area contributed by atoms with Gasteiger partial charge in [0.05, 0.1) is 0 Å². The molecule has 3 aromatic rings. The fraction of sp³-hybridized carbons (Fsp3) is 0.120. The molecule has 4 rings (SSSR count). The van der Waals surface area contributed by atoms with Crippen LogP contribution in [0.4, 0.5) is 0 Å². The third-order valence-corrected chi connectivity index (χ3v) is 4.76. The summed E-state index contributed by atoms with van der Waals surface area (Å²) in [5.74, 6) is 0. The van der Waals surface area contributed by atoms with Crippen molar-refractivity contribution in [1.29, 1.82) is 0 Å². The van der Waals surface area contributed by atoms with E-state index in [1.165, 1.54) is 39.0 Å². The zero-order valence-electron chi connectivity index (χ0n) is 14.6. The maximum atomic E-state index is 2.36. The molecule has 0 bridgehead atoms. The molecule has 1 aliphatic carbocycles. The average molecular weight is 322 g/mol. The van der Waals surface area contributed by atoms with Crippen molar-refractivity contribution in [2.75, 3.05) is 0 Å². The number of hydrogen-bond acceptors (Lipinski definition) is 0. The van der Waals surface area contributed by atoms with Crippen molar-refractivity contribution in [3.63, 3.8) is 0 Å². The molecule has 0 nitrogen and oxygen atoms in total. The van der Waals surface area contributed by atoms with Gasteiger partial charge in [-0.05, 0) is 53.2 Å². The number of benzene rings is 3. The van der Waals surface area contributed by atoms with Gasteiger partial charge in [0.1, 0.15) is 0 Å². The topological polar surface area (TPSA) is 0 Å². The Labute approximate surface area is 150 Å². The minimum absolute atomic E-state index is 1.12. The molecule has 0 spiro atoms. The van der Waals surface area contributed by atoms with E-state index in [1.807, 2.05) is 0 Å². The Morgan fingerprint density at radius 1 is 0.680 bits per heavy atom. The fourth-order valence-electron chi connectivity index (χ4n) is 3.58. The molecule has 0 heteroatoms. The Balaban J connectivity index is 1.99. The molecular weight excluding hydrogens is 300 g/mol. The van der Waals surface area contributed by atoms with Gasteiger partial charge >= 0.3 is 0 Å². The van der Waals surface area contributed by atoms with Gasteiger partial charge in [0, 0.05) is 0 Å². The van der Waals surface area contributed by atoms with Crippen molar-refractivity contribution in [1.82, 2.24) is 0 Å². The second-order valence-corrected chi connectivity index (χ2v) is 6.60. The molecule has 0 heterocycles. The maximum absolute atomic E-state index is 2.36. The molecule has 25 heavy (non-hydrogen) atoms. The molecule has 0 saturated heterocycles. The van der Waals surface area contributed by atoms with Crippen LogP contribution < -0.4 is 0 Å². The van der Waals surface area contributed by atoms with Crippen LogP contribution >= 0.6 is 0 Å². The highest BCUT2D eigenvalue weighted by atomic mass is 14.2. The van der Waals surface area contributed by atoms with Crippen molar-refractivity contribution in [3.8, 4) is 22.3 Å². The average Bonchev–Trinajstić information content (AvgIpc) is 2.69. The van der Waals surface area contributed by atoms with E-state index < -0.39 is 0 Å². The van der Waals surface area contributed by atoms with Crippen LogP contribution in [0, 0.1) is 6.92 Å². The molecular formula is C25H22. The Hall–Kier alpha value is -2.86. The van der Waals surface area contributed by atoms with Crippen LogP contribution in [-0.2, 0) is 0 Å². The highest BCUT2D eigenvalue weighted by molar-refractivity contribution is 5.94. The van der Waals surface area contributed by atoms with E-state index in [9.17, 15) is 0 Å². The molecule has 0 fully saturated rings. The minimum Gasteiger partial charge on any atom is -0.0836 e. The summed E-state index contributed by atoms with van der Waals surface area (Å²) in [6, 6.07) is 26.2. The van der Waals surface area contributed by atoms with Crippen LogP contribution in [0.5, 0.6) is 0 Å². The lowest BCUT2D eigenvalue weighted by Crippen LogP contribution is -1.94. The predicted octanol–water partition coefficient (Wildman–Crippen LogP) is 7.06. The van der Waals surface area contributed by atoms with Gasteiger partial charge in [0.15, 0.2) is 0 Å². The van der Waals surface area contributed by atoms with Gasteiger partial charge in [-0.15, -0.1) is 0 Å². The molecule has 0 atom stereocenters. The zero-order chi connectivity index (χ0) is 17.1. The number of rotatable bonds is 3. The molecule has 3 aromatic carbocycles. The van der Waals surface area contributed by atoms with E-state index in [0.29, 0.717) is 0 Å². The van der Waals surface area contributed by atoms with Gasteiger partial charge < -0.3 is 0 Å². The van der Waals surface area contributed by atoms with E-state index in [1.54, 1.807) is 0 Å². The van der Waals surface area contributed by atoms with Gasteiger partial charge in [-0.25, -0.2) is 0 Å². The van der Waals surface area contributed by atoms with Gasteiger partial charge in [-0.2, -0.15) is 0 Å². The largest absolute Gasteiger partial charge is 0.0836 e. The lowest BCUT2D eigenvalue weighted by Gasteiger charge is -2.18. The van der Waals surface area contributed by atoms with Crippen molar-refractivity contribution in [2.24, 2.45) is 0 Å². The number of hydrogen-bond donors (Lipinski definition) is 0. The number of allylic oxidation sites excluding steroid dienone is 4. The molecule has 122 valence electrons. The van der Waals surface area contributed by atoms with E-state index in [2.05, 4.69) is 97.9 Å². The highest BCUT2D eigenvalue weighted by Gasteiger charge is 2.15. The first-order chi connectivity index (χ1) is 12.3. The predicted molar refractivity (Wildman–Crippen MR) is 108 cm³/mol. The summed E-state index contributed by atoms with van der Waals surface area (Å²) in [5.41, 5.74) is 9.12. The Morgan fingerprint density at radius 3 is 2.20 bits per heavy atom. The lowest BCUT2D eigenvalue weighted by atomic mass is 9.86. The summed E-state index contributed by atoms with van der Waals surface area (Å²) in [5, 5.41) is 0. The molecule has 0 radical (unpaired) electrons. The smallest absolute Gasteiger partial charge is 0.00268 e. The molecule has 0 saturated carbocycles. The van der Waals surface area contributed by atoms with Gasteiger partial charge in [-0.1, -0.05) is 96.6 Å². The Morgan fingerprint density at radius 2 is 1.44 bits per heavy atom. The summed E-state index contributed by atoms with van der Waals surface area (Å²) in [6.07, 6.45) is 9.18. The standard InChI is InChI=1S/C25H22/c1-19-10-8-15-22(18-19)25-23(20-11-4-2-5-12-20)16-9-17-24(25)21-13-6-3-7-14-21/h2,4-6,8-18H,3,7H2,1H3. The van der Waals surface area contributed by atoms with Crippen molar-refractivity contribution in [2.45, 2.75) is 19.8 Å². The summed E-state index contributed by atoms with van der Waals surface area (Å²) < 4.78 is 0. The Bertz CT molecular complexity index is 943. The van der Waals surface area contributed by atoms with Crippen LogP contribution in [0.3, 0.4) is 0 Å². The minimum atomic E-state index is 1.12. The lowest BCUT2D eigenvalue weighted by molar-refractivity contribution is 1.04. The summed E-state index contributed by atoms with van der Waals surface area (Å²) in [4.78, 5) is 0. The maximum Gasteiger partial charge on any atom is -0.00268 e. The quantitative estimate of drug-likeness (QED) is 0.484. The fourth-order valence-corrected chi connectivity index (χ4v) is 3.58. The second kappa shape index (κ2) is 6.94. The Kier molecular flexibility index (Phi) is 4.35. The molecule has 0 amide bonds. The van der Waals surface area contributed by atoms with Crippen LogP contribution in [0.2, 0.25) is 0 Å². The van der Waals surface area contributed by atoms with Gasteiger partial charge in [0.25, 0.3) is 0 Å².